The number of carbonyl (C=O) groups is 1. The highest BCUT2D eigenvalue weighted by Gasteiger charge is 2.18. The smallest absolute Gasteiger partial charge is 0.263 e. The van der Waals surface area contributed by atoms with E-state index in [1.54, 1.807) is 0 Å². The first-order valence-corrected chi connectivity index (χ1v) is 9.96. The summed E-state index contributed by atoms with van der Waals surface area (Å²) in [5.74, 6) is 0.600. The fraction of sp³-hybridized carbons (Fsp3) is 0.182. The van der Waals surface area contributed by atoms with Gasteiger partial charge in [0.15, 0.2) is 0 Å². The molecule has 2 aromatic heterocycles. The lowest BCUT2D eigenvalue weighted by Gasteiger charge is -2.05. The molecule has 0 saturated heterocycles. The van der Waals surface area contributed by atoms with Crippen LogP contribution in [0.4, 0.5) is 5.69 Å². The summed E-state index contributed by atoms with van der Waals surface area (Å²) in [7, 11) is 0. The summed E-state index contributed by atoms with van der Waals surface area (Å²) in [5.41, 5.74) is 9.82. The van der Waals surface area contributed by atoms with Crippen molar-refractivity contribution < 1.29 is 9.53 Å². The van der Waals surface area contributed by atoms with Crippen LogP contribution in [0.2, 0.25) is 0 Å². The summed E-state index contributed by atoms with van der Waals surface area (Å²) in [6, 6.07) is 15.8. The van der Waals surface area contributed by atoms with Crippen molar-refractivity contribution in [2.75, 3.05) is 12.3 Å². The molecule has 0 radical (unpaired) electrons. The van der Waals surface area contributed by atoms with Gasteiger partial charge in [-0.05, 0) is 37.6 Å². The highest BCUT2D eigenvalue weighted by atomic mass is 32.1. The predicted molar refractivity (Wildman–Crippen MR) is 115 cm³/mol. The number of hydrogen-bond donors (Lipinski definition) is 2. The first-order valence-electron chi connectivity index (χ1n) is 9.14. The van der Waals surface area contributed by atoms with Gasteiger partial charge in [0.25, 0.3) is 5.91 Å². The lowest BCUT2D eigenvalue weighted by Crippen LogP contribution is -2.22. The maximum absolute atomic E-state index is 12.7. The van der Waals surface area contributed by atoms with Crippen molar-refractivity contribution in [2.45, 2.75) is 20.4 Å². The Hall–Kier alpha value is -3.12. The first kappa shape index (κ1) is 18.3. The number of carbonyl (C=O) groups excluding carboxylic acids is 1. The van der Waals surface area contributed by atoms with Crippen LogP contribution in [-0.2, 0) is 6.54 Å². The number of nitrogens with one attached hydrogen (secondary N) is 1. The van der Waals surface area contributed by atoms with Crippen molar-refractivity contribution in [1.29, 1.82) is 0 Å². The molecule has 1 amide bonds. The van der Waals surface area contributed by atoms with E-state index >= 15 is 0 Å². The topological polar surface area (TPSA) is 77.2 Å². The zero-order valence-corrected chi connectivity index (χ0v) is 16.6. The van der Waals surface area contributed by atoms with Crippen LogP contribution in [0, 0.1) is 6.92 Å². The molecule has 0 bridgehead atoms. The predicted octanol–water partition coefficient (Wildman–Crippen LogP) is 4.67. The van der Waals surface area contributed by atoms with Gasteiger partial charge in [-0.2, -0.15) is 0 Å². The number of hydrogen-bond acceptors (Lipinski definition) is 5. The summed E-state index contributed by atoms with van der Waals surface area (Å²) in [5, 5.41) is 4.72. The van der Waals surface area contributed by atoms with Gasteiger partial charge in [0, 0.05) is 23.4 Å². The van der Waals surface area contributed by atoms with Crippen LogP contribution in [0.3, 0.4) is 0 Å². The van der Waals surface area contributed by atoms with E-state index in [1.165, 1.54) is 16.9 Å². The molecule has 4 aromatic rings. The van der Waals surface area contributed by atoms with Crippen LogP contribution in [0.15, 0.2) is 48.5 Å². The molecule has 0 unspecified atom stereocenters. The number of nitrogen functional groups attached to an aromatic ring is 1. The third-order valence-electron chi connectivity index (χ3n) is 4.58. The minimum Gasteiger partial charge on any atom is -0.494 e. The second kappa shape index (κ2) is 7.48. The maximum Gasteiger partial charge on any atom is 0.263 e. The molecule has 0 aliphatic heterocycles. The van der Waals surface area contributed by atoms with Crippen LogP contribution in [0.1, 0.15) is 27.7 Å². The van der Waals surface area contributed by atoms with E-state index in [0.29, 0.717) is 23.7 Å². The molecule has 3 N–H and O–H groups in total. The van der Waals surface area contributed by atoms with Crippen molar-refractivity contribution >= 4 is 44.1 Å². The van der Waals surface area contributed by atoms with E-state index in [2.05, 4.69) is 5.32 Å². The van der Waals surface area contributed by atoms with Crippen molar-refractivity contribution in [3.63, 3.8) is 0 Å². The molecule has 0 fully saturated rings. The summed E-state index contributed by atoms with van der Waals surface area (Å²) in [4.78, 5) is 18.6. The number of nitrogens with zero attached hydrogens (tertiary/aromatic N) is 1. The molecule has 0 spiro atoms. The molecule has 4 rings (SSSR count). The zero-order chi connectivity index (χ0) is 19.7. The standard InChI is InChI=1S/C22H21N3O2S/c1-3-27-16-9-8-15-10-17-19(23)20(28-22(17)25-18(15)11-16)21(26)24-12-14-6-4-13(2)5-7-14/h4-11H,3,12,23H2,1-2H3,(H,24,26). The molecule has 142 valence electrons. The van der Waals surface area contributed by atoms with Crippen LogP contribution in [-0.4, -0.2) is 17.5 Å². The monoisotopic (exact) mass is 391 g/mol. The van der Waals surface area contributed by atoms with Crippen LogP contribution < -0.4 is 15.8 Å². The van der Waals surface area contributed by atoms with E-state index in [1.807, 2.05) is 62.4 Å². The zero-order valence-electron chi connectivity index (χ0n) is 15.8. The second-order valence-corrected chi connectivity index (χ2v) is 7.64. The number of fused-ring (bicyclic) bond motifs is 2. The summed E-state index contributed by atoms with van der Waals surface area (Å²) in [6.07, 6.45) is 0. The summed E-state index contributed by atoms with van der Waals surface area (Å²) < 4.78 is 5.55. The van der Waals surface area contributed by atoms with Crippen LogP contribution in [0.5, 0.6) is 5.75 Å². The van der Waals surface area contributed by atoms with E-state index in [4.69, 9.17) is 15.5 Å². The Labute approximate surface area is 167 Å². The van der Waals surface area contributed by atoms with Gasteiger partial charge >= 0.3 is 0 Å². The van der Waals surface area contributed by atoms with Crippen LogP contribution in [0.25, 0.3) is 21.1 Å². The Morgan fingerprint density at radius 3 is 2.71 bits per heavy atom. The molecule has 0 aliphatic rings. The number of rotatable bonds is 5. The fourth-order valence-electron chi connectivity index (χ4n) is 3.07. The Balaban J connectivity index is 1.63. The number of aryl methyl sites for hydroxylation is 1. The number of ether oxygens (including phenoxy) is 1. The summed E-state index contributed by atoms with van der Waals surface area (Å²) >= 11 is 1.31. The van der Waals surface area contributed by atoms with E-state index < -0.39 is 0 Å². The van der Waals surface area contributed by atoms with Crippen molar-refractivity contribution in [3.05, 3.63) is 64.5 Å². The van der Waals surface area contributed by atoms with E-state index in [9.17, 15) is 4.79 Å². The Bertz CT molecular complexity index is 1170. The van der Waals surface area contributed by atoms with Gasteiger partial charge in [-0.25, -0.2) is 4.98 Å². The van der Waals surface area contributed by atoms with Crippen molar-refractivity contribution in [2.24, 2.45) is 0 Å². The normalized spacial score (nSPS) is 11.1. The molecule has 0 aliphatic carbocycles. The number of benzene rings is 2. The van der Waals surface area contributed by atoms with Gasteiger partial charge in [-0.15, -0.1) is 11.3 Å². The van der Waals surface area contributed by atoms with Gasteiger partial charge in [0.2, 0.25) is 0 Å². The number of anilines is 1. The molecule has 28 heavy (non-hydrogen) atoms. The Morgan fingerprint density at radius 2 is 1.96 bits per heavy atom. The Morgan fingerprint density at radius 1 is 1.18 bits per heavy atom. The minimum atomic E-state index is -0.180. The first-order chi connectivity index (χ1) is 13.5. The van der Waals surface area contributed by atoms with E-state index in [0.717, 1.165) is 32.4 Å². The summed E-state index contributed by atoms with van der Waals surface area (Å²) in [6.45, 7) is 5.04. The van der Waals surface area contributed by atoms with Gasteiger partial charge in [-0.1, -0.05) is 29.8 Å². The SMILES string of the molecule is CCOc1ccc2cc3c(N)c(C(=O)NCc4ccc(C)cc4)sc3nc2c1. The van der Waals surface area contributed by atoms with Gasteiger partial charge in [-0.3, -0.25) is 4.79 Å². The molecular formula is C22H21N3O2S. The number of nitrogens with two attached hydrogens (primary N) is 1. The largest absolute Gasteiger partial charge is 0.494 e. The second-order valence-electron chi connectivity index (χ2n) is 6.64. The third-order valence-corrected chi connectivity index (χ3v) is 5.69. The van der Waals surface area contributed by atoms with Crippen molar-refractivity contribution in [1.82, 2.24) is 10.3 Å². The molecule has 5 nitrogen and oxygen atoms in total. The highest BCUT2D eigenvalue weighted by molar-refractivity contribution is 7.21. The van der Waals surface area contributed by atoms with Crippen molar-refractivity contribution in [3.8, 4) is 5.75 Å². The number of aromatic nitrogens is 1. The number of thiophene rings is 1. The van der Waals surface area contributed by atoms with Gasteiger partial charge < -0.3 is 15.8 Å². The van der Waals surface area contributed by atoms with Gasteiger partial charge in [0.05, 0.1) is 17.8 Å². The lowest BCUT2D eigenvalue weighted by atomic mass is 10.1. The average molecular weight is 391 g/mol. The Kier molecular flexibility index (Phi) is 4.88. The molecule has 6 heteroatoms. The van der Waals surface area contributed by atoms with E-state index in [-0.39, 0.29) is 5.91 Å². The quantitative estimate of drug-likeness (QED) is 0.518. The highest BCUT2D eigenvalue weighted by Crippen LogP contribution is 2.35. The number of pyridine rings is 1. The third kappa shape index (κ3) is 3.51. The molecule has 2 aromatic carbocycles. The van der Waals surface area contributed by atoms with Crippen LogP contribution >= 0.6 is 11.3 Å². The number of amides is 1. The maximum atomic E-state index is 12.7. The molecule has 0 saturated carbocycles. The molecule has 0 atom stereocenters. The fourth-order valence-corrected chi connectivity index (χ4v) is 4.07. The molecule has 2 heterocycles. The molecular weight excluding hydrogens is 370 g/mol. The minimum absolute atomic E-state index is 0.180. The average Bonchev–Trinajstić information content (AvgIpc) is 3.01. The lowest BCUT2D eigenvalue weighted by molar-refractivity contribution is 0.0956. The van der Waals surface area contributed by atoms with Gasteiger partial charge in [0.1, 0.15) is 15.5 Å².